The van der Waals surface area contributed by atoms with Crippen LogP contribution in [-0.2, 0) is 0 Å². The Balaban J connectivity index is 0.00000225. The van der Waals surface area contributed by atoms with Gasteiger partial charge in [0.1, 0.15) is 5.15 Å². The third-order valence-electron chi connectivity index (χ3n) is 1.92. The SMILES string of the molecule is Cl.N[C@@H](CCC(F)(F)F)c1ccc(Cl)nc1. The summed E-state index contributed by atoms with van der Waals surface area (Å²) in [5, 5.41) is 0.293. The van der Waals surface area contributed by atoms with Crippen molar-refractivity contribution in [3.05, 3.63) is 29.0 Å². The number of nitrogens with zero attached hydrogens (tertiary/aromatic N) is 1. The Morgan fingerprint density at radius 2 is 2.00 bits per heavy atom. The average molecular weight is 275 g/mol. The molecule has 92 valence electrons. The molecule has 7 heteroatoms. The second-order valence-corrected chi connectivity index (χ2v) is 3.56. The first-order valence-electron chi connectivity index (χ1n) is 4.32. The molecule has 0 saturated carbocycles. The zero-order valence-electron chi connectivity index (χ0n) is 8.17. The first kappa shape index (κ1) is 15.5. The molecule has 2 nitrogen and oxygen atoms in total. The van der Waals surface area contributed by atoms with Gasteiger partial charge in [-0.15, -0.1) is 12.4 Å². The number of aromatic nitrogens is 1. The minimum Gasteiger partial charge on any atom is -0.324 e. The lowest BCUT2D eigenvalue weighted by Gasteiger charge is -2.12. The predicted octanol–water partition coefficient (Wildman–Crippen LogP) is 3.50. The summed E-state index contributed by atoms with van der Waals surface area (Å²) in [5.74, 6) is 0. The number of pyridine rings is 1. The Morgan fingerprint density at radius 3 is 2.44 bits per heavy atom. The Bertz CT molecular complexity index is 314. The first-order chi connectivity index (χ1) is 6.88. The Hall–Kier alpha value is -0.520. The van der Waals surface area contributed by atoms with Crippen molar-refractivity contribution in [3.8, 4) is 0 Å². The molecule has 0 spiro atoms. The van der Waals surface area contributed by atoms with Gasteiger partial charge in [-0.2, -0.15) is 13.2 Å². The molecule has 1 aromatic heterocycles. The van der Waals surface area contributed by atoms with Crippen molar-refractivity contribution in [1.29, 1.82) is 0 Å². The molecule has 0 aliphatic carbocycles. The van der Waals surface area contributed by atoms with E-state index in [4.69, 9.17) is 17.3 Å². The van der Waals surface area contributed by atoms with Crippen LogP contribution in [0, 0.1) is 0 Å². The van der Waals surface area contributed by atoms with Crippen molar-refractivity contribution >= 4 is 24.0 Å². The van der Waals surface area contributed by atoms with Crippen LogP contribution in [0.1, 0.15) is 24.4 Å². The van der Waals surface area contributed by atoms with E-state index in [-0.39, 0.29) is 18.8 Å². The van der Waals surface area contributed by atoms with Crippen LogP contribution in [-0.4, -0.2) is 11.2 Å². The van der Waals surface area contributed by atoms with Crippen LogP contribution >= 0.6 is 24.0 Å². The number of alkyl halides is 3. The Morgan fingerprint density at radius 1 is 1.38 bits per heavy atom. The highest BCUT2D eigenvalue weighted by Crippen LogP contribution is 2.26. The summed E-state index contributed by atoms with van der Waals surface area (Å²) in [7, 11) is 0. The highest BCUT2D eigenvalue weighted by molar-refractivity contribution is 6.29. The number of hydrogen-bond acceptors (Lipinski definition) is 2. The molecular weight excluding hydrogens is 264 g/mol. The van der Waals surface area contributed by atoms with E-state index in [1.54, 1.807) is 6.07 Å². The molecule has 2 N–H and O–H groups in total. The van der Waals surface area contributed by atoms with E-state index in [1.165, 1.54) is 12.3 Å². The van der Waals surface area contributed by atoms with Crippen molar-refractivity contribution in [2.24, 2.45) is 5.73 Å². The highest BCUT2D eigenvalue weighted by Gasteiger charge is 2.27. The van der Waals surface area contributed by atoms with Gasteiger partial charge < -0.3 is 5.73 Å². The standard InChI is InChI=1S/C9H10ClF3N2.ClH/c10-8-2-1-6(5-15-8)7(14)3-4-9(11,12)13;/h1-2,5,7H,3-4,14H2;1H/t7-;/m0./s1. The molecule has 0 unspecified atom stereocenters. The van der Waals surface area contributed by atoms with Crippen molar-refractivity contribution in [1.82, 2.24) is 4.98 Å². The van der Waals surface area contributed by atoms with Crippen LogP contribution in [0.2, 0.25) is 5.15 Å². The van der Waals surface area contributed by atoms with Gasteiger partial charge in [0.05, 0.1) is 0 Å². The van der Waals surface area contributed by atoms with E-state index in [2.05, 4.69) is 4.98 Å². The predicted molar refractivity (Wildman–Crippen MR) is 58.7 cm³/mol. The van der Waals surface area contributed by atoms with E-state index in [9.17, 15) is 13.2 Å². The van der Waals surface area contributed by atoms with Gasteiger partial charge in [-0.1, -0.05) is 17.7 Å². The lowest BCUT2D eigenvalue weighted by Crippen LogP contribution is -2.15. The average Bonchev–Trinajstić information content (AvgIpc) is 2.14. The second kappa shape index (κ2) is 6.27. The van der Waals surface area contributed by atoms with Gasteiger partial charge in [0.2, 0.25) is 0 Å². The van der Waals surface area contributed by atoms with E-state index in [1.807, 2.05) is 0 Å². The molecule has 1 heterocycles. The third-order valence-corrected chi connectivity index (χ3v) is 2.14. The maximum atomic E-state index is 11.9. The molecule has 0 saturated heterocycles. The molecular formula is C9H11Cl2F3N2. The van der Waals surface area contributed by atoms with Crippen LogP contribution in [0.4, 0.5) is 13.2 Å². The van der Waals surface area contributed by atoms with Gasteiger partial charge in [-0.3, -0.25) is 0 Å². The number of hydrogen-bond donors (Lipinski definition) is 1. The van der Waals surface area contributed by atoms with Gasteiger partial charge in [0.15, 0.2) is 0 Å². The molecule has 0 aromatic carbocycles. The summed E-state index contributed by atoms with van der Waals surface area (Å²) in [5.41, 5.74) is 6.13. The van der Waals surface area contributed by atoms with E-state index >= 15 is 0 Å². The van der Waals surface area contributed by atoms with E-state index in [0.717, 1.165) is 0 Å². The van der Waals surface area contributed by atoms with Gasteiger partial charge in [-0.05, 0) is 18.1 Å². The zero-order valence-corrected chi connectivity index (χ0v) is 9.74. The summed E-state index contributed by atoms with van der Waals surface area (Å²) in [6.07, 6.45) is -3.82. The number of halogens is 5. The molecule has 1 rings (SSSR count). The summed E-state index contributed by atoms with van der Waals surface area (Å²) in [4.78, 5) is 3.75. The lowest BCUT2D eigenvalue weighted by molar-refractivity contribution is -0.136. The number of nitrogens with two attached hydrogens (primary N) is 1. The smallest absolute Gasteiger partial charge is 0.324 e. The molecule has 1 atom stereocenters. The first-order valence-corrected chi connectivity index (χ1v) is 4.70. The van der Waals surface area contributed by atoms with E-state index in [0.29, 0.717) is 10.7 Å². The van der Waals surface area contributed by atoms with Crippen LogP contribution < -0.4 is 5.73 Å². The second-order valence-electron chi connectivity index (χ2n) is 3.17. The summed E-state index contributed by atoms with van der Waals surface area (Å²) >= 11 is 5.53. The van der Waals surface area contributed by atoms with Gasteiger partial charge in [0.25, 0.3) is 0 Å². The topological polar surface area (TPSA) is 38.9 Å². The molecule has 0 aliphatic rings. The van der Waals surface area contributed by atoms with Crippen LogP contribution in [0.3, 0.4) is 0 Å². The Labute approximate surface area is 102 Å². The summed E-state index contributed by atoms with van der Waals surface area (Å²) in [6.45, 7) is 0. The normalized spacial score (nSPS) is 13.1. The maximum absolute atomic E-state index is 11.9. The molecule has 0 bridgehead atoms. The lowest BCUT2D eigenvalue weighted by atomic mass is 10.1. The van der Waals surface area contributed by atoms with Crippen molar-refractivity contribution in [2.45, 2.75) is 25.1 Å². The fourth-order valence-electron chi connectivity index (χ4n) is 1.09. The van der Waals surface area contributed by atoms with E-state index < -0.39 is 18.6 Å². The molecule has 0 radical (unpaired) electrons. The van der Waals surface area contributed by atoms with Crippen molar-refractivity contribution < 1.29 is 13.2 Å². The minimum atomic E-state index is -4.17. The van der Waals surface area contributed by atoms with Crippen molar-refractivity contribution in [2.75, 3.05) is 0 Å². The summed E-state index contributed by atoms with van der Waals surface area (Å²) in [6, 6.07) is 2.43. The molecule has 1 aromatic rings. The van der Waals surface area contributed by atoms with Crippen LogP contribution in [0.5, 0.6) is 0 Å². The van der Waals surface area contributed by atoms with Crippen LogP contribution in [0.25, 0.3) is 0 Å². The highest BCUT2D eigenvalue weighted by atomic mass is 35.5. The quantitative estimate of drug-likeness (QED) is 0.857. The molecule has 0 amide bonds. The fourth-order valence-corrected chi connectivity index (χ4v) is 1.20. The summed E-state index contributed by atoms with van der Waals surface area (Å²) < 4.78 is 35.7. The fraction of sp³-hybridized carbons (Fsp3) is 0.444. The third kappa shape index (κ3) is 5.53. The monoisotopic (exact) mass is 274 g/mol. The maximum Gasteiger partial charge on any atom is 0.389 e. The van der Waals surface area contributed by atoms with Gasteiger partial charge in [-0.25, -0.2) is 4.98 Å². The van der Waals surface area contributed by atoms with Crippen LogP contribution in [0.15, 0.2) is 18.3 Å². The zero-order chi connectivity index (χ0) is 11.5. The molecule has 16 heavy (non-hydrogen) atoms. The Kier molecular flexibility index (Phi) is 6.07. The largest absolute Gasteiger partial charge is 0.389 e. The minimum absolute atomic E-state index is 0. The number of rotatable bonds is 3. The molecule has 0 fully saturated rings. The van der Waals surface area contributed by atoms with Crippen molar-refractivity contribution in [3.63, 3.8) is 0 Å². The van der Waals surface area contributed by atoms with Gasteiger partial charge in [0, 0.05) is 18.7 Å². The molecule has 0 aliphatic heterocycles. The van der Waals surface area contributed by atoms with Gasteiger partial charge >= 0.3 is 6.18 Å².